The maximum Gasteiger partial charge on any atom is 0.123 e. The first-order chi connectivity index (χ1) is 8.65. The van der Waals surface area contributed by atoms with E-state index in [1.54, 1.807) is 11.8 Å². The molecule has 0 fully saturated rings. The Labute approximate surface area is 114 Å². The van der Waals surface area contributed by atoms with Crippen LogP contribution in [0.15, 0.2) is 41.3 Å². The zero-order chi connectivity index (χ0) is 13.4. The molecule has 1 N–H and O–H groups in total. The second-order valence-electron chi connectivity index (χ2n) is 4.33. The third kappa shape index (κ3) is 5.69. The highest BCUT2D eigenvalue weighted by molar-refractivity contribution is 7.99. The first-order valence-electron chi connectivity index (χ1n) is 6.44. The van der Waals surface area contributed by atoms with Gasteiger partial charge in [0.05, 0.1) is 0 Å². The van der Waals surface area contributed by atoms with Gasteiger partial charge in [-0.15, -0.1) is 11.8 Å². The minimum Gasteiger partial charge on any atom is -0.313 e. The standard InChI is InChI=1S/C15H22FNS/c1-4-12(3)10-14(17-5-2)11-18-15-8-6-13(16)7-9-15/h6-9,14,17H,3-5,10-11H2,1-2H3. The number of thioether (sulfide) groups is 1. The molecule has 3 heteroatoms. The summed E-state index contributed by atoms with van der Waals surface area (Å²) >= 11 is 1.76. The summed E-state index contributed by atoms with van der Waals surface area (Å²) in [6, 6.07) is 7.12. The van der Waals surface area contributed by atoms with Crippen LogP contribution in [-0.4, -0.2) is 18.3 Å². The summed E-state index contributed by atoms with van der Waals surface area (Å²) in [6.45, 7) is 9.28. The van der Waals surface area contributed by atoms with Crippen LogP contribution in [0.1, 0.15) is 26.7 Å². The van der Waals surface area contributed by atoms with Crippen molar-refractivity contribution in [1.29, 1.82) is 0 Å². The van der Waals surface area contributed by atoms with Crippen LogP contribution >= 0.6 is 11.8 Å². The molecule has 0 radical (unpaired) electrons. The van der Waals surface area contributed by atoms with Crippen molar-refractivity contribution in [3.05, 3.63) is 42.2 Å². The summed E-state index contributed by atoms with van der Waals surface area (Å²) in [5.74, 6) is 0.806. The minimum absolute atomic E-state index is 0.179. The summed E-state index contributed by atoms with van der Waals surface area (Å²) in [7, 11) is 0. The fourth-order valence-electron chi connectivity index (χ4n) is 1.70. The molecule has 100 valence electrons. The average Bonchev–Trinajstić information content (AvgIpc) is 2.38. The lowest BCUT2D eigenvalue weighted by atomic mass is 10.1. The van der Waals surface area contributed by atoms with Crippen molar-refractivity contribution in [2.75, 3.05) is 12.3 Å². The van der Waals surface area contributed by atoms with E-state index < -0.39 is 0 Å². The summed E-state index contributed by atoms with van der Waals surface area (Å²) in [4.78, 5) is 1.11. The van der Waals surface area contributed by atoms with E-state index in [0.717, 1.165) is 30.0 Å². The van der Waals surface area contributed by atoms with Gasteiger partial charge in [-0.05, 0) is 43.7 Å². The average molecular weight is 267 g/mol. The second kappa shape index (κ2) is 8.33. The predicted molar refractivity (Wildman–Crippen MR) is 78.6 cm³/mol. The SMILES string of the molecule is C=C(CC)CC(CSc1ccc(F)cc1)NCC. The van der Waals surface area contributed by atoms with Crippen LogP contribution in [0.2, 0.25) is 0 Å². The number of rotatable bonds is 8. The van der Waals surface area contributed by atoms with Crippen LogP contribution in [0.25, 0.3) is 0 Å². The maximum atomic E-state index is 12.8. The molecule has 0 spiro atoms. The van der Waals surface area contributed by atoms with Crippen molar-refractivity contribution in [1.82, 2.24) is 5.32 Å². The largest absolute Gasteiger partial charge is 0.313 e. The Kier molecular flexibility index (Phi) is 7.06. The highest BCUT2D eigenvalue weighted by Crippen LogP contribution is 2.21. The van der Waals surface area contributed by atoms with Crippen molar-refractivity contribution in [2.45, 2.75) is 37.6 Å². The molecule has 0 bridgehead atoms. The number of halogens is 1. The van der Waals surface area contributed by atoms with Crippen molar-refractivity contribution in [2.24, 2.45) is 0 Å². The second-order valence-corrected chi connectivity index (χ2v) is 5.42. The summed E-state index contributed by atoms with van der Waals surface area (Å²) in [5, 5.41) is 3.47. The van der Waals surface area contributed by atoms with E-state index in [2.05, 4.69) is 25.7 Å². The number of hydrogen-bond donors (Lipinski definition) is 1. The maximum absolute atomic E-state index is 12.8. The summed E-state index contributed by atoms with van der Waals surface area (Å²) in [5.41, 5.74) is 1.28. The van der Waals surface area contributed by atoms with Crippen molar-refractivity contribution in [3.8, 4) is 0 Å². The van der Waals surface area contributed by atoms with Crippen LogP contribution in [0, 0.1) is 5.82 Å². The zero-order valence-electron chi connectivity index (χ0n) is 11.2. The van der Waals surface area contributed by atoms with Gasteiger partial charge in [0.15, 0.2) is 0 Å². The molecule has 0 saturated carbocycles. The fraction of sp³-hybridized carbons (Fsp3) is 0.467. The Balaban J connectivity index is 2.45. The molecule has 1 unspecified atom stereocenters. The van der Waals surface area contributed by atoms with E-state index in [9.17, 15) is 4.39 Å². The molecule has 1 aromatic carbocycles. The molecule has 1 rings (SSSR count). The third-order valence-corrected chi connectivity index (χ3v) is 3.97. The van der Waals surface area contributed by atoms with E-state index in [1.807, 2.05) is 12.1 Å². The Bertz CT molecular complexity index is 361. The lowest BCUT2D eigenvalue weighted by molar-refractivity contribution is 0.565. The predicted octanol–water partition coefficient (Wildman–Crippen LogP) is 4.25. The molecule has 18 heavy (non-hydrogen) atoms. The van der Waals surface area contributed by atoms with Gasteiger partial charge >= 0.3 is 0 Å². The Morgan fingerprint density at radius 2 is 2.00 bits per heavy atom. The number of nitrogens with one attached hydrogen (secondary N) is 1. The lowest BCUT2D eigenvalue weighted by Crippen LogP contribution is -2.31. The van der Waals surface area contributed by atoms with E-state index >= 15 is 0 Å². The van der Waals surface area contributed by atoms with Gasteiger partial charge in [-0.1, -0.05) is 26.0 Å². The Morgan fingerprint density at radius 3 is 2.56 bits per heavy atom. The van der Waals surface area contributed by atoms with Gasteiger partial charge in [0.1, 0.15) is 5.82 Å². The van der Waals surface area contributed by atoms with Crippen LogP contribution in [-0.2, 0) is 0 Å². The normalized spacial score (nSPS) is 12.4. The highest BCUT2D eigenvalue weighted by atomic mass is 32.2. The van der Waals surface area contributed by atoms with Gasteiger partial charge in [-0.2, -0.15) is 0 Å². The summed E-state index contributed by atoms with van der Waals surface area (Å²) < 4.78 is 12.8. The smallest absolute Gasteiger partial charge is 0.123 e. The number of benzene rings is 1. The molecule has 1 atom stereocenters. The van der Waals surface area contributed by atoms with E-state index in [0.29, 0.717) is 6.04 Å². The first kappa shape index (κ1) is 15.3. The van der Waals surface area contributed by atoms with Gasteiger partial charge in [0, 0.05) is 16.7 Å². The topological polar surface area (TPSA) is 12.0 Å². The quantitative estimate of drug-likeness (QED) is 0.558. The van der Waals surface area contributed by atoms with E-state index in [-0.39, 0.29) is 5.82 Å². The van der Waals surface area contributed by atoms with Crippen molar-refractivity contribution >= 4 is 11.8 Å². The molecule has 0 saturated heterocycles. The molecule has 0 amide bonds. The van der Waals surface area contributed by atoms with E-state index in [1.165, 1.54) is 17.7 Å². The van der Waals surface area contributed by atoms with E-state index in [4.69, 9.17) is 0 Å². The van der Waals surface area contributed by atoms with Crippen molar-refractivity contribution in [3.63, 3.8) is 0 Å². The summed E-state index contributed by atoms with van der Waals surface area (Å²) in [6.07, 6.45) is 2.04. The lowest BCUT2D eigenvalue weighted by Gasteiger charge is -2.18. The van der Waals surface area contributed by atoms with Gasteiger partial charge in [-0.25, -0.2) is 4.39 Å². The van der Waals surface area contributed by atoms with Crippen molar-refractivity contribution < 1.29 is 4.39 Å². The van der Waals surface area contributed by atoms with Crippen LogP contribution in [0.5, 0.6) is 0 Å². The molecular weight excluding hydrogens is 245 g/mol. The number of hydrogen-bond acceptors (Lipinski definition) is 2. The van der Waals surface area contributed by atoms with Crippen LogP contribution in [0.4, 0.5) is 4.39 Å². The van der Waals surface area contributed by atoms with Gasteiger partial charge in [0.25, 0.3) is 0 Å². The first-order valence-corrected chi connectivity index (χ1v) is 7.42. The Morgan fingerprint density at radius 1 is 1.33 bits per heavy atom. The minimum atomic E-state index is -0.179. The molecule has 1 aromatic rings. The van der Waals surface area contributed by atoms with Gasteiger partial charge in [-0.3, -0.25) is 0 Å². The fourth-order valence-corrected chi connectivity index (χ4v) is 2.66. The zero-order valence-corrected chi connectivity index (χ0v) is 12.0. The Hall–Kier alpha value is -0.800. The van der Waals surface area contributed by atoms with Gasteiger partial charge < -0.3 is 5.32 Å². The molecule has 1 nitrogen and oxygen atoms in total. The van der Waals surface area contributed by atoms with Crippen LogP contribution in [0.3, 0.4) is 0 Å². The molecule has 0 aromatic heterocycles. The molecule has 0 aliphatic carbocycles. The van der Waals surface area contributed by atoms with Crippen LogP contribution < -0.4 is 5.32 Å². The highest BCUT2D eigenvalue weighted by Gasteiger charge is 2.09. The molecular formula is C15H22FNS. The van der Waals surface area contributed by atoms with Gasteiger partial charge in [0.2, 0.25) is 0 Å². The third-order valence-electron chi connectivity index (χ3n) is 2.79. The molecule has 0 aliphatic rings. The molecule has 0 heterocycles. The monoisotopic (exact) mass is 267 g/mol. The molecule has 0 aliphatic heterocycles.